The summed E-state index contributed by atoms with van der Waals surface area (Å²) >= 11 is 1.69. The molecule has 0 amide bonds. The maximum Gasteiger partial charge on any atom is 0.185 e. The molecule has 3 rings (SSSR count). The molecule has 5 nitrogen and oxygen atoms in total. The minimum absolute atomic E-state index is 0.964. The summed E-state index contributed by atoms with van der Waals surface area (Å²) in [6.07, 6.45) is 3.56. The van der Waals surface area contributed by atoms with E-state index < -0.39 is 0 Å². The second-order valence-electron chi connectivity index (χ2n) is 3.87. The maximum absolute atomic E-state index is 4.34. The largest absolute Gasteiger partial charge is 0.352 e. The van der Waals surface area contributed by atoms with E-state index in [1.54, 1.807) is 17.5 Å². The van der Waals surface area contributed by atoms with Crippen LogP contribution in [0.3, 0.4) is 0 Å². The number of piperazine rings is 1. The minimum atomic E-state index is 0.964. The molecule has 3 heterocycles. The highest BCUT2D eigenvalue weighted by molar-refractivity contribution is 7.13. The smallest absolute Gasteiger partial charge is 0.185 e. The van der Waals surface area contributed by atoms with Gasteiger partial charge in [0.2, 0.25) is 0 Å². The molecule has 2 aromatic heterocycles. The summed E-state index contributed by atoms with van der Waals surface area (Å²) in [5.41, 5.74) is 0. The summed E-state index contributed by atoms with van der Waals surface area (Å²) in [5, 5.41) is 11.2. The normalized spacial score (nSPS) is 16.2. The van der Waals surface area contributed by atoms with Crippen LogP contribution in [0, 0.1) is 0 Å². The molecule has 0 saturated carbocycles. The highest BCUT2D eigenvalue weighted by atomic mass is 32.1. The van der Waals surface area contributed by atoms with E-state index in [1.165, 1.54) is 0 Å². The molecule has 0 N–H and O–H groups in total. The molecule has 0 unspecified atom stereocenters. The number of nitrogens with zero attached hydrogens (tertiary/aromatic N) is 5. The van der Waals surface area contributed by atoms with Crippen molar-refractivity contribution < 1.29 is 0 Å². The van der Waals surface area contributed by atoms with E-state index in [-0.39, 0.29) is 0 Å². The molecule has 0 aliphatic carbocycles. The van der Waals surface area contributed by atoms with Crippen LogP contribution in [0.5, 0.6) is 0 Å². The average molecular weight is 247 g/mol. The van der Waals surface area contributed by atoms with Gasteiger partial charge in [-0.2, -0.15) is 5.10 Å². The number of thiazole rings is 1. The lowest BCUT2D eigenvalue weighted by Crippen LogP contribution is -2.46. The summed E-state index contributed by atoms with van der Waals surface area (Å²) in [7, 11) is 0. The number of hydrogen-bond donors (Lipinski definition) is 0. The molecule has 17 heavy (non-hydrogen) atoms. The van der Waals surface area contributed by atoms with Crippen molar-refractivity contribution in [1.29, 1.82) is 0 Å². The first-order valence-electron chi connectivity index (χ1n) is 5.60. The molecule has 1 aliphatic rings. The van der Waals surface area contributed by atoms with E-state index >= 15 is 0 Å². The van der Waals surface area contributed by atoms with Gasteiger partial charge in [-0.25, -0.2) is 4.98 Å². The van der Waals surface area contributed by atoms with Crippen molar-refractivity contribution in [1.82, 2.24) is 15.2 Å². The lowest BCUT2D eigenvalue weighted by atomic mass is 10.3. The van der Waals surface area contributed by atoms with Crippen molar-refractivity contribution >= 4 is 22.3 Å². The molecule has 1 aliphatic heterocycles. The van der Waals surface area contributed by atoms with Crippen LogP contribution in [0.1, 0.15) is 0 Å². The minimum Gasteiger partial charge on any atom is -0.352 e. The Morgan fingerprint density at radius 2 is 1.88 bits per heavy atom. The van der Waals surface area contributed by atoms with Crippen LogP contribution in [0.2, 0.25) is 0 Å². The first-order valence-corrected chi connectivity index (χ1v) is 6.48. The molecular weight excluding hydrogens is 234 g/mol. The fourth-order valence-corrected chi connectivity index (χ4v) is 2.66. The fourth-order valence-electron chi connectivity index (χ4n) is 1.96. The SMILES string of the molecule is c1cnnc(N2CCN(c3nccs3)CC2)c1. The van der Waals surface area contributed by atoms with Gasteiger partial charge in [-0.1, -0.05) is 0 Å². The van der Waals surface area contributed by atoms with E-state index in [9.17, 15) is 0 Å². The van der Waals surface area contributed by atoms with Crippen molar-refractivity contribution in [3.05, 3.63) is 29.9 Å². The predicted octanol–water partition coefficient (Wildman–Crippen LogP) is 1.26. The van der Waals surface area contributed by atoms with Crippen molar-refractivity contribution in [3.63, 3.8) is 0 Å². The van der Waals surface area contributed by atoms with Gasteiger partial charge in [0.1, 0.15) is 0 Å². The Hall–Kier alpha value is -1.69. The maximum atomic E-state index is 4.34. The zero-order chi connectivity index (χ0) is 11.5. The number of hydrogen-bond acceptors (Lipinski definition) is 6. The van der Waals surface area contributed by atoms with Crippen molar-refractivity contribution in [2.45, 2.75) is 0 Å². The van der Waals surface area contributed by atoms with E-state index in [2.05, 4.69) is 25.0 Å². The van der Waals surface area contributed by atoms with Gasteiger partial charge in [-0.15, -0.1) is 16.4 Å². The monoisotopic (exact) mass is 247 g/mol. The highest BCUT2D eigenvalue weighted by Crippen LogP contribution is 2.20. The molecule has 6 heteroatoms. The van der Waals surface area contributed by atoms with Gasteiger partial charge >= 0.3 is 0 Å². The molecule has 1 saturated heterocycles. The van der Waals surface area contributed by atoms with Gasteiger partial charge in [0.05, 0.1) is 0 Å². The average Bonchev–Trinajstić information content (AvgIpc) is 2.94. The van der Waals surface area contributed by atoms with Gasteiger partial charge in [0.25, 0.3) is 0 Å². The van der Waals surface area contributed by atoms with Crippen LogP contribution in [-0.4, -0.2) is 41.4 Å². The van der Waals surface area contributed by atoms with E-state index in [4.69, 9.17) is 0 Å². The second-order valence-corrected chi connectivity index (χ2v) is 4.74. The summed E-state index contributed by atoms with van der Waals surface area (Å²) in [6, 6.07) is 3.93. The van der Waals surface area contributed by atoms with Crippen molar-refractivity contribution in [2.75, 3.05) is 36.0 Å². The third-order valence-electron chi connectivity index (χ3n) is 2.85. The zero-order valence-corrected chi connectivity index (χ0v) is 10.2. The molecule has 0 bridgehead atoms. The van der Waals surface area contributed by atoms with Crippen LogP contribution in [-0.2, 0) is 0 Å². The van der Waals surface area contributed by atoms with Gasteiger partial charge in [0, 0.05) is 44.0 Å². The zero-order valence-electron chi connectivity index (χ0n) is 9.36. The van der Waals surface area contributed by atoms with E-state index in [0.717, 1.165) is 37.1 Å². The first-order chi connectivity index (χ1) is 8.43. The lowest BCUT2D eigenvalue weighted by Gasteiger charge is -2.34. The van der Waals surface area contributed by atoms with Crippen LogP contribution in [0.4, 0.5) is 10.9 Å². The standard InChI is InChI=1S/C11H13N5S/c1-2-10(14-13-3-1)15-5-7-16(8-6-15)11-12-4-9-17-11/h1-4,9H,5-8H2. The topological polar surface area (TPSA) is 45.2 Å². The number of aromatic nitrogens is 3. The Morgan fingerprint density at radius 1 is 1.06 bits per heavy atom. The summed E-state index contributed by atoms with van der Waals surface area (Å²) in [4.78, 5) is 8.91. The number of rotatable bonds is 2. The Bertz CT molecular complexity index is 450. The van der Waals surface area contributed by atoms with Gasteiger partial charge in [-0.3, -0.25) is 0 Å². The molecule has 0 spiro atoms. The Kier molecular flexibility index (Phi) is 2.87. The highest BCUT2D eigenvalue weighted by Gasteiger charge is 2.19. The molecular formula is C11H13N5S. The molecule has 2 aromatic rings. The third kappa shape index (κ3) is 2.21. The summed E-state index contributed by atoms with van der Waals surface area (Å²) < 4.78 is 0. The Labute approximate surface area is 104 Å². The van der Waals surface area contributed by atoms with Crippen LogP contribution in [0.15, 0.2) is 29.9 Å². The van der Waals surface area contributed by atoms with Gasteiger partial charge < -0.3 is 9.80 Å². The predicted molar refractivity (Wildman–Crippen MR) is 68.6 cm³/mol. The fraction of sp³-hybridized carbons (Fsp3) is 0.364. The Balaban J connectivity index is 1.65. The first kappa shape index (κ1) is 10.5. The van der Waals surface area contributed by atoms with E-state index in [0.29, 0.717) is 0 Å². The second kappa shape index (κ2) is 4.67. The van der Waals surface area contributed by atoms with Crippen LogP contribution >= 0.6 is 11.3 Å². The number of anilines is 2. The third-order valence-corrected chi connectivity index (χ3v) is 3.68. The quantitative estimate of drug-likeness (QED) is 0.799. The molecule has 88 valence electrons. The molecule has 0 atom stereocenters. The van der Waals surface area contributed by atoms with Crippen LogP contribution in [0.25, 0.3) is 0 Å². The van der Waals surface area contributed by atoms with E-state index in [1.807, 2.05) is 23.7 Å². The summed E-state index contributed by atoms with van der Waals surface area (Å²) in [6.45, 7) is 3.92. The lowest BCUT2D eigenvalue weighted by molar-refractivity contribution is 0.642. The Morgan fingerprint density at radius 3 is 2.53 bits per heavy atom. The van der Waals surface area contributed by atoms with Crippen molar-refractivity contribution in [2.24, 2.45) is 0 Å². The molecule has 0 aromatic carbocycles. The van der Waals surface area contributed by atoms with Crippen LogP contribution < -0.4 is 9.80 Å². The van der Waals surface area contributed by atoms with Gasteiger partial charge in [0.15, 0.2) is 10.9 Å². The molecule has 1 fully saturated rings. The summed E-state index contributed by atoms with van der Waals surface area (Å²) in [5.74, 6) is 0.964. The molecule has 0 radical (unpaired) electrons. The van der Waals surface area contributed by atoms with Gasteiger partial charge in [-0.05, 0) is 12.1 Å². The van der Waals surface area contributed by atoms with Crippen molar-refractivity contribution in [3.8, 4) is 0 Å².